The molecule has 6 nitrogen and oxygen atoms in total. The Morgan fingerprint density at radius 1 is 1.35 bits per heavy atom. The number of alkyl halides is 3. The number of aromatic carboxylic acids is 1. The predicted molar refractivity (Wildman–Crippen MR) is 57.8 cm³/mol. The zero-order valence-electron chi connectivity index (χ0n) is 9.06. The van der Waals surface area contributed by atoms with Gasteiger partial charge in [0.15, 0.2) is 10.1 Å². The molecule has 0 heterocycles. The first-order valence-corrected chi connectivity index (χ1v) is 8.48. The maximum absolute atomic E-state index is 10.7. The van der Waals surface area contributed by atoms with Crippen LogP contribution in [0.3, 0.4) is 0 Å². The summed E-state index contributed by atoms with van der Waals surface area (Å²) in [5.41, 5.74) is -5.47. The fraction of sp³-hybridized carbons (Fsp3) is 0.125. The van der Waals surface area contributed by atoms with Crippen LogP contribution in [0.4, 0.5) is 13.2 Å². The van der Waals surface area contributed by atoms with Crippen molar-refractivity contribution in [2.24, 2.45) is 0 Å². The molecule has 0 radical (unpaired) electrons. The van der Waals surface area contributed by atoms with Gasteiger partial charge >= 0.3 is 33.1 Å². The van der Waals surface area contributed by atoms with Crippen molar-refractivity contribution in [2.45, 2.75) is 5.51 Å². The van der Waals surface area contributed by atoms with Gasteiger partial charge in [-0.3, -0.25) is 0 Å². The van der Waals surface area contributed by atoms with E-state index in [1.165, 1.54) is 6.07 Å². The number of halogens is 5. The van der Waals surface area contributed by atoms with Gasteiger partial charge in [-0.15, -0.1) is 0 Å². The second-order valence-electron chi connectivity index (χ2n) is 2.91. The number of benzene rings is 1. The molecule has 1 aromatic rings. The van der Waals surface area contributed by atoms with Crippen molar-refractivity contribution in [3.8, 4) is 0 Å². The molecule has 0 aromatic heterocycles. The Bertz CT molecular complexity index is 588. The van der Waals surface area contributed by atoms with Crippen LogP contribution in [0.5, 0.6) is 0 Å². The highest BCUT2D eigenvalue weighted by Gasteiger charge is 2.36. The first-order chi connectivity index (χ1) is 8.90. The summed E-state index contributed by atoms with van der Waals surface area (Å²) in [6, 6.07) is 4.84. The molecule has 0 bridgehead atoms. The molecule has 1 aromatic carbocycles. The van der Waals surface area contributed by atoms with Crippen LogP contribution in [0.25, 0.3) is 0 Å². The first-order valence-electron chi connectivity index (χ1n) is 4.23. The summed E-state index contributed by atoms with van der Waals surface area (Å²) in [5, 5.41) is 8.71. The minimum Gasteiger partial charge on any atom is -0.741 e. The number of hydrogen-bond acceptors (Lipinski definition) is 5. The third-order valence-corrected chi connectivity index (χ3v) is 4.05. The van der Waals surface area contributed by atoms with E-state index in [0.717, 1.165) is 0 Å². The van der Waals surface area contributed by atoms with Crippen LogP contribution in [-0.2, 0) is 10.1 Å². The number of hydrogen-bond donors (Lipinski definition) is 2. The van der Waals surface area contributed by atoms with Gasteiger partial charge in [-0.1, -0.05) is 15.9 Å². The molecule has 0 aliphatic heterocycles. The van der Waals surface area contributed by atoms with Gasteiger partial charge in [0.05, 0.1) is 0 Å². The van der Waals surface area contributed by atoms with Crippen LogP contribution in [0.2, 0.25) is 0 Å². The lowest BCUT2D eigenvalue weighted by molar-refractivity contribution is -0.866. The second kappa shape index (κ2) is 7.53. The van der Waals surface area contributed by atoms with E-state index in [2.05, 4.69) is 15.9 Å². The van der Waals surface area contributed by atoms with Gasteiger partial charge in [0.25, 0.3) is 0 Å². The van der Waals surface area contributed by atoms with Crippen molar-refractivity contribution in [3.63, 3.8) is 0 Å². The fourth-order valence-corrected chi connectivity index (χ4v) is 2.08. The topological polar surface area (TPSA) is 115 Å². The molecule has 0 aliphatic carbocycles. The molecular weight excluding hydrogens is 488 g/mol. The van der Waals surface area contributed by atoms with E-state index in [1.807, 2.05) is 0 Å². The van der Waals surface area contributed by atoms with E-state index >= 15 is 0 Å². The molecule has 1 rings (SSSR count). The highest BCUT2D eigenvalue weighted by Crippen LogP contribution is 2.20. The van der Waals surface area contributed by atoms with Gasteiger partial charge in [0.2, 0.25) is 3.57 Å². The largest absolute Gasteiger partial charge is 0.741 e. The average Bonchev–Trinajstić information content (AvgIpc) is 2.27. The Kier molecular flexibility index (Phi) is 7.37. The Balaban J connectivity index is 0.000000396. The predicted octanol–water partition coefficient (Wildman–Crippen LogP) is -1.64. The molecule has 0 aliphatic rings. The SMILES string of the molecule is O=C(O)c1cc(Br)ccc1[I+]O.O=S(=O)([O-])C(F)(F)F. The Morgan fingerprint density at radius 3 is 2.10 bits per heavy atom. The molecule has 0 atom stereocenters. The number of carboxylic acids is 1. The van der Waals surface area contributed by atoms with Gasteiger partial charge in [-0.25, -0.2) is 13.2 Å². The molecule has 0 saturated carbocycles. The fourth-order valence-electron chi connectivity index (χ4n) is 0.735. The molecule has 2 N–H and O–H groups in total. The van der Waals surface area contributed by atoms with Gasteiger partial charge in [-0.2, -0.15) is 16.6 Å². The zero-order valence-corrected chi connectivity index (χ0v) is 13.6. The van der Waals surface area contributed by atoms with Crippen molar-refractivity contribution >= 4 is 32.0 Å². The van der Waals surface area contributed by atoms with Crippen molar-refractivity contribution in [1.82, 2.24) is 0 Å². The Hall–Kier alpha value is -0.440. The lowest BCUT2D eigenvalue weighted by atomic mass is 10.2. The van der Waals surface area contributed by atoms with Crippen LogP contribution in [0.1, 0.15) is 10.4 Å². The maximum Gasteiger partial charge on any atom is 0.520 e. The van der Waals surface area contributed by atoms with E-state index in [9.17, 15) is 18.0 Å². The van der Waals surface area contributed by atoms with E-state index in [4.69, 9.17) is 21.5 Å². The van der Waals surface area contributed by atoms with Crippen LogP contribution >= 0.6 is 15.9 Å². The second-order valence-corrected chi connectivity index (χ2v) is 6.85. The number of carboxylic acid groups (broad SMARTS) is 1. The Labute approximate surface area is 130 Å². The van der Waals surface area contributed by atoms with Crippen LogP contribution in [0, 0.1) is 3.57 Å². The summed E-state index contributed by atoms with van der Waals surface area (Å²) in [6.45, 7) is 0. The smallest absolute Gasteiger partial charge is 0.520 e. The third-order valence-electron chi connectivity index (χ3n) is 1.53. The monoisotopic (exact) mass is 492 g/mol. The van der Waals surface area contributed by atoms with E-state index in [-0.39, 0.29) is 5.56 Å². The molecule has 0 unspecified atom stereocenters. The number of rotatable bonds is 2. The van der Waals surface area contributed by atoms with E-state index in [1.54, 1.807) is 12.1 Å². The van der Waals surface area contributed by atoms with Gasteiger partial charge in [-0.05, 0) is 18.2 Å². The molecule has 0 fully saturated rings. The summed E-state index contributed by atoms with van der Waals surface area (Å²) in [5.74, 6) is -1.000. The van der Waals surface area contributed by atoms with Gasteiger partial charge in [0.1, 0.15) is 5.56 Å². The highest BCUT2D eigenvalue weighted by atomic mass is 127. The molecular formula is C8H5BrF3IO6S. The molecule has 20 heavy (non-hydrogen) atoms. The summed E-state index contributed by atoms with van der Waals surface area (Å²) in [7, 11) is -6.09. The third kappa shape index (κ3) is 6.34. The quantitative estimate of drug-likeness (QED) is 0.291. The molecule has 0 spiro atoms. The molecule has 0 amide bonds. The zero-order chi connectivity index (χ0) is 16.1. The van der Waals surface area contributed by atoms with Crippen molar-refractivity contribution in [1.29, 1.82) is 0 Å². The Morgan fingerprint density at radius 2 is 1.80 bits per heavy atom. The minimum atomic E-state index is -6.09. The van der Waals surface area contributed by atoms with Crippen LogP contribution in [0.15, 0.2) is 22.7 Å². The molecule has 114 valence electrons. The minimum absolute atomic E-state index is 0.180. The maximum atomic E-state index is 10.7. The summed E-state index contributed by atoms with van der Waals surface area (Å²) < 4.78 is 69.0. The number of carbonyl (C=O) groups is 1. The summed E-state index contributed by atoms with van der Waals surface area (Å²) in [4.78, 5) is 10.6. The molecule has 0 saturated heterocycles. The summed E-state index contributed by atoms with van der Waals surface area (Å²) >= 11 is 2.00. The first kappa shape index (κ1) is 19.6. The van der Waals surface area contributed by atoms with Gasteiger partial charge < -0.3 is 9.66 Å². The van der Waals surface area contributed by atoms with Crippen molar-refractivity contribution in [3.05, 3.63) is 31.8 Å². The lowest BCUT2D eigenvalue weighted by Gasteiger charge is -2.08. The van der Waals surface area contributed by atoms with Crippen molar-refractivity contribution in [2.75, 3.05) is 0 Å². The normalized spacial score (nSPS) is 11.5. The summed E-state index contributed by atoms with van der Waals surface area (Å²) in [6.07, 6.45) is 0. The van der Waals surface area contributed by atoms with Crippen LogP contribution in [-0.4, -0.2) is 33.0 Å². The van der Waals surface area contributed by atoms with Crippen molar-refractivity contribution < 1.29 is 61.1 Å². The highest BCUT2D eigenvalue weighted by molar-refractivity contribution is 9.10. The standard InChI is InChI=1S/C7H4BrIO3.CHF3O3S/c8-4-1-2-6(9-12)5(3-4)7(10)11;2-1(3,4)8(5,6)7/h1-3,12H;(H,5,6,7). The van der Waals surface area contributed by atoms with E-state index in [0.29, 0.717) is 8.04 Å². The average molecular weight is 493 g/mol. The molecule has 12 heteroatoms. The van der Waals surface area contributed by atoms with Crippen LogP contribution < -0.4 is 21.6 Å². The van der Waals surface area contributed by atoms with E-state index < -0.39 is 43.2 Å². The lowest BCUT2D eigenvalue weighted by Crippen LogP contribution is -3.61. The van der Waals surface area contributed by atoms with Gasteiger partial charge in [0, 0.05) is 4.47 Å².